The number of rotatable bonds is 4. The van der Waals surface area contributed by atoms with Crippen molar-refractivity contribution in [3.8, 4) is 5.06 Å². The molecule has 13 heavy (non-hydrogen) atoms. The van der Waals surface area contributed by atoms with Crippen LogP contribution in [0.25, 0.3) is 0 Å². The van der Waals surface area contributed by atoms with Gasteiger partial charge in [0, 0.05) is 5.57 Å². The summed E-state index contributed by atoms with van der Waals surface area (Å²) in [7, 11) is 0. The predicted octanol–water partition coefficient (Wildman–Crippen LogP) is 3.01. The lowest BCUT2D eigenvalue weighted by atomic mass is 10.2. The molecule has 0 N–H and O–H groups in total. The standard InChI is InChI=1S/C10H12O2S/c1-3-5-8(2)10(11)12-9-6-4-7-13-9/h4,6-7H,2-3,5H2,1H3. The van der Waals surface area contributed by atoms with Crippen LogP contribution in [-0.2, 0) is 4.79 Å². The van der Waals surface area contributed by atoms with Crippen LogP contribution in [0.2, 0.25) is 0 Å². The van der Waals surface area contributed by atoms with Crippen LogP contribution in [0.4, 0.5) is 0 Å². The van der Waals surface area contributed by atoms with Gasteiger partial charge in [0.1, 0.15) is 0 Å². The first-order chi connectivity index (χ1) is 6.24. The van der Waals surface area contributed by atoms with Gasteiger partial charge < -0.3 is 4.74 Å². The van der Waals surface area contributed by atoms with Crippen molar-refractivity contribution < 1.29 is 9.53 Å². The molecule has 0 unspecified atom stereocenters. The van der Waals surface area contributed by atoms with Gasteiger partial charge in [-0.15, -0.1) is 11.3 Å². The summed E-state index contributed by atoms with van der Waals surface area (Å²) in [6.45, 7) is 5.66. The maximum Gasteiger partial charge on any atom is 0.339 e. The van der Waals surface area contributed by atoms with Crippen molar-refractivity contribution in [2.24, 2.45) is 0 Å². The molecule has 2 nitrogen and oxygen atoms in total. The Morgan fingerprint density at radius 3 is 3.00 bits per heavy atom. The molecule has 0 bridgehead atoms. The van der Waals surface area contributed by atoms with Crippen LogP contribution >= 0.6 is 11.3 Å². The van der Waals surface area contributed by atoms with Crippen LogP contribution < -0.4 is 4.74 Å². The van der Waals surface area contributed by atoms with Crippen molar-refractivity contribution >= 4 is 17.3 Å². The summed E-state index contributed by atoms with van der Waals surface area (Å²) in [6, 6.07) is 3.61. The van der Waals surface area contributed by atoms with Crippen LogP contribution in [0, 0.1) is 0 Å². The topological polar surface area (TPSA) is 26.3 Å². The molecule has 0 amide bonds. The van der Waals surface area contributed by atoms with Crippen LogP contribution in [0.5, 0.6) is 5.06 Å². The van der Waals surface area contributed by atoms with Crippen LogP contribution in [0.15, 0.2) is 29.7 Å². The van der Waals surface area contributed by atoms with E-state index in [-0.39, 0.29) is 5.97 Å². The molecule has 0 radical (unpaired) electrons. The highest BCUT2D eigenvalue weighted by atomic mass is 32.1. The third kappa shape index (κ3) is 3.03. The number of hydrogen-bond acceptors (Lipinski definition) is 3. The first-order valence-corrected chi connectivity index (χ1v) is 5.05. The summed E-state index contributed by atoms with van der Waals surface area (Å²) in [4.78, 5) is 11.3. The second-order valence-electron chi connectivity index (χ2n) is 2.68. The molecule has 0 fully saturated rings. The van der Waals surface area contributed by atoms with E-state index in [1.165, 1.54) is 11.3 Å². The molecule has 3 heteroatoms. The van der Waals surface area contributed by atoms with Crippen molar-refractivity contribution in [3.05, 3.63) is 29.7 Å². The molecule has 0 spiro atoms. The van der Waals surface area contributed by atoms with E-state index in [2.05, 4.69) is 6.58 Å². The average Bonchev–Trinajstić information content (AvgIpc) is 2.57. The minimum atomic E-state index is -0.315. The van der Waals surface area contributed by atoms with E-state index in [1.807, 2.05) is 18.4 Å². The third-order valence-corrected chi connectivity index (χ3v) is 2.27. The van der Waals surface area contributed by atoms with E-state index >= 15 is 0 Å². The Kier molecular flexibility index (Phi) is 3.71. The number of hydrogen-bond donors (Lipinski definition) is 0. The minimum Gasteiger partial charge on any atom is -0.412 e. The van der Waals surface area contributed by atoms with Gasteiger partial charge in [-0.25, -0.2) is 4.79 Å². The van der Waals surface area contributed by atoms with Crippen molar-refractivity contribution in [1.29, 1.82) is 0 Å². The lowest BCUT2D eigenvalue weighted by Gasteiger charge is -2.02. The van der Waals surface area contributed by atoms with Gasteiger partial charge in [-0.3, -0.25) is 0 Å². The van der Waals surface area contributed by atoms with Gasteiger partial charge in [-0.05, 0) is 23.9 Å². The van der Waals surface area contributed by atoms with Gasteiger partial charge in [0.05, 0.1) is 0 Å². The zero-order valence-corrected chi connectivity index (χ0v) is 8.39. The van der Waals surface area contributed by atoms with E-state index in [9.17, 15) is 4.79 Å². The fraction of sp³-hybridized carbons (Fsp3) is 0.300. The second-order valence-corrected chi connectivity index (χ2v) is 3.59. The number of esters is 1. The quantitative estimate of drug-likeness (QED) is 0.546. The second kappa shape index (κ2) is 4.82. The Labute approximate surface area is 81.8 Å². The molecule has 0 aliphatic rings. The average molecular weight is 196 g/mol. The molecule has 0 saturated heterocycles. The lowest BCUT2D eigenvalue weighted by Crippen LogP contribution is -2.09. The monoisotopic (exact) mass is 196 g/mol. The summed E-state index contributed by atoms with van der Waals surface area (Å²) in [5, 5.41) is 2.49. The fourth-order valence-corrected chi connectivity index (χ4v) is 1.46. The number of ether oxygens (including phenoxy) is 1. The largest absolute Gasteiger partial charge is 0.412 e. The Balaban J connectivity index is 2.46. The number of thiophene rings is 1. The van der Waals surface area contributed by atoms with E-state index in [0.29, 0.717) is 17.1 Å². The highest BCUT2D eigenvalue weighted by Gasteiger charge is 2.08. The van der Waals surface area contributed by atoms with Crippen molar-refractivity contribution in [2.75, 3.05) is 0 Å². The summed E-state index contributed by atoms with van der Waals surface area (Å²) in [5.74, 6) is -0.315. The van der Waals surface area contributed by atoms with Gasteiger partial charge in [-0.2, -0.15) is 0 Å². The zero-order chi connectivity index (χ0) is 9.68. The molecule has 1 rings (SSSR count). The summed E-state index contributed by atoms with van der Waals surface area (Å²) >= 11 is 1.40. The highest BCUT2D eigenvalue weighted by Crippen LogP contribution is 2.19. The van der Waals surface area contributed by atoms with Gasteiger partial charge in [0.2, 0.25) is 0 Å². The maximum absolute atomic E-state index is 11.3. The smallest absolute Gasteiger partial charge is 0.339 e. The number of carbonyl (C=O) groups is 1. The first-order valence-electron chi connectivity index (χ1n) is 4.17. The van der Waals surface area contributed by atoms with E-state index in [1.54, 1.807) is 6.07 Å². The lowest BCUT2D eigenvalue weighted by molar-refractivity contribution is -0.130. The molecule has 0 aromatic carbocycles. The Hall–Kier alpha value is -1.09. The molecule has 1 heterocycles. The molecule has 1 aromatic rings. The minimum absolute atomic E-state index is 0.315. The SMILES string of the molecule is C=C(CCC)C(=O)Oc1cccs1. The summed E-state index contributed by atoms with van der Waals surface area (Å²) < 4.78 is 5.05. The van der Waals surface area contributed by atoms with E-state index in [4.69, 9.17) is 4.74 Å². The summed E-state index contributed by atoms with van der Waals surface area (Å²) in [5.41, 5.74) is 0.538. The molecule has 0 aliphatic carbocycles. The Morgan fingerprint density at radius 1 is 1.69 bits per heavy atom. The van der Waals surface area contributed by atoms with Crippen molar-refractivity contribution in [3.63, 3.8) is 0 Å². The molecule has 0 atom stereocenters. The fourth-order valence-electron chi connectivity index (χ4n) is 0.889. The molecule has 0 saturated carbocycles. The van der Waals surface area contributed by atoms with Gasteiger partial charge >= 0.3 is 5.97 Å². The van der Waals surface area contributed by atoms with E-state index < -0.39 is 0 Å². The van der Waals surface area contributed by atoms with Crippen molar-refractivity contribution in [1.82, 2.24) is 0 Å². The first kappa shape index (κ1) is 9.99. The van der Waals surface area contributed by atoms with Gasteiger partial charge in [0.25, 0.3) is 0 Å². The normalized spacial score (nSPS) is 9.62. The van der Waals surface area contributed by atoms with Gasteiger partial charge in [0.15, 0.2) is 5.06 Å². The predicted molar refractivity (Wildman–Crippen MR) is 54.0 cm³/mol. The Morgan fingerprint density at radius 2 is 2.46 bits per heavy atom. The highest BCUT2D eigenvalue weighted by molar-refractivity contribution is 7.11. The van der Waals surface area contributed by atoms with Crippen LogP contribution in [0.1, 0.15) is 19.8 Å². The van der Waals surface area contributed by atoms with Crippen LogP contribution in [0.3, 0.4) is 0 Å². The molecule has 0 aliphatic heterocycles. The van der Waals surface area contributed by atoms with Crippen LogP contribution in [-0.4, -0.2) is 5.97 Å². The molecular formula is C10H12O2S. The molecule has 70 valence electrons. The van der Waals surface area contributed by atoms with Gasteiger partial charge in [-0.1, -0.05) is 19.9 Å². The Bertz CT molecular complexity index is 288. The molecular weight excluding hydrogens is 184 g/mol. The summed E-state index contributed by atoms with van der Waals surface area (Å²) in [6.07, 6.45) is 1.61. The van der Waals surface area contributed by atoms with Crippen molar-refractivity contribution in [2.45, 2.75) is 19.8 Å². The van der Waals surface area contributed by atoms with E-state index in [0.717, 1.165) is 6.42 Å². The number of carbonyl (C=O) groups excluding carboxylic acids is 1. The third-order valence-electron chi connectivity index (χ3n) is 1.53. The zero-order valence-electron chi connectivity index (χ0n) is 7.58. The maximum atomic E-state index is 11.3. The molecule has 1 aromatic heterocycles.